The lowest BCUT2D eigenvalue weighted by Gasteiger charge is -2.11. The van der Waals surface area contributed by atoms with Crippen LogP contribution in [-0.4, -0.2) is 9.66 Å². The highest BCUT2D eigenvalue weighted by Gasteiger charge is 2.23. The molecule has 0 saturated heterocycles. The molecule has 1 aliphatic carbocycles. The molecule has 1 aliphatic rings. The lowest BCUT2D eigenvalue weighted by molar-refractivity contribution is 0.582. The Kier molecular flexibility index (Phi) is 3.63. The topological polar surface area (TPSA) is 69.9 Å². The smallest absolute Gasteiger partial charge is 0.160 e. The minimum atomic E-state index is 0.463. The van der Waals surface area contributed by atoms with E-state index in [9.17, 15) is 0 Å². The van der Waals surface area contributed by atoms with Crippen LogP contribution in [0.25, 0.3) is 11.4 Å². The standard InChI is InChI=1S/C16H22N4/c17-15-14(12-8-4-1-2-5-9-12)19-16(20(15)18)13-10-6-3-7-11-13/h3,6-7,10-12H,1-2,4-5,8-9,17-18H2. The fourth-order valence-corrected chi connectivity index (χ4v) is 3.11. The maximum Gasteiger partial charge on any atom is 0.160 e. The van der Waals surface area contributed by atoms with Gasteiger partial charge in [-0.1, -0.05) is 56.0 Å². The number of imidazole rings is 1. The first-order valence-corrected chi connectivity index (χ1v) is 7.46. The molecule has 0 spiro atoms. The highest BCUT2D eigenvalue weighted by Crippen LogP contribution is 2.35. The molecule has 2 aromatic rings. The molecule has 0 atom stereocenters. The molecule has 0 bridgehead atoms. The highest BCUT2D eigenvalue weighted by atomic mass is 15.4. The zero-order valence-electron chi connectivity index (χ0n) is 11.8. The molecule has 1 aromatic heterocycles. The number of benzene rings is 1. The van der Waals surface area contributed by atoms with Gasteiger partial charge in [0.25, 0.3) is 0 Å². The first-order chi connectivity index (χ1) is 9.77. The summed E-state index contributed by atoms with van der Waals surface area (Å²) in [5.41, 5.74) is 8.21. The minimum Gasteiger partial charge on any atom is -0.382 e. The van der Waals surface area contributed by atoms with Crippen molar-refractivity contribution in [1.82, 2.24) is 9.66 Å². The van der Waals surface area contributed by atoms with Gasteiger partial charge < -0.3 is 11.6 Å². The average molecular weight is 270 g/mol. The first-order valence-electron chi connectivity index (χ1n) is 7.46. The van der Waals surface area contributed by atoms with E-state index in [0.717, 1.165) is 17.1 Å². The van der Waals surface area contributed by atoms with Gasteiger partial charge in [0, 0.05) is 11.5 Å². The number of rotatable bonds is 2. The van der Waals surface area contributed by atoms with Crippen molar-refractivity contribution < 1.29 is 0 Å². The van der Waals surface area contributed by atoms with E-state index in [1.807, 2.05) is 30.3 Å². The van der Waals surface area contributed by atoms with E-state index in [1.54, 1.807) is 0 Å². The molecule has 1 fully saturated rings. The Morgan fingerprint density at radius 3 is 2.30 bits per heavy atom. The average Bonchev–Trinajstić information content (AvgIpc) is 2.69. The minimum absolute atomic E-state index is 0.463. The third kappa shape index (κ3) is 2.38. The van der Waals surface area contributed by atoms with Gasteiger partial charge in [-0.25, -0.2) is 9.66 Å². The van der Waals surface area contributed by atoms with Crippen LogP contribution in [0.4, 0.5) is 5.82 Å². The Bertz CT molecular complexity index is 566. The van der Waals surface area contributed by atoms with Crippen molar-refractivity contribution >= 4 is 5.82 Å². The van der Waals surface area contributed by atoms with E-state index in [0.29, 0.717) is 11.7 Å². The summed E-state index contributed by atoms with van der Waals surface area (Å²) in [5, 5.41) is 0. The summed E-state index contributed by atoms with van der Waals surface area (Å²) >= 11 is 0. The number of anilines is 1. The van der Waals surface area contributed by atoms with Crippen molar-refractivity contribution in [3.63, 3.8) is 0 Å². The van der Waals surface area contributed by atoms with Gasteiger partial charge in [-0.3, -0.25) is 0 Å². The Balaban J connectivity index is 1.97. The van der Waals surface area contributed by atoms with Gasteiger partial charge in [-0.2, -0.15) is 0 Å². The number of aromatic nitrogens is 2. The van der Waals surface area contributed by atoms with E-state index >= 15 is 0 Å². The molecular weight excluding hydrogens is 248 g/mol. The Morgan fingerprint density at radius 1 is 1.00 bits per heavy atom. The largest absolute Gasteiger partial charge is 0.382 e. The second-order valence-electron chi connectivity index (χ2n) is 5.63. The molecule has 0 radical (unpaired) electrons. The molecular formula is C16H22N4. The molecule has 1 heterocycles. The number of nitrogen functional groups attached to an aromatic ring is 2. The number of hydrogen-bond acceptors (Lipinski definition) is 3. The second kappa shape index (κ2) is 5.57. The van der Waals surface area contributed by atoms with Crippen LogP contribution in [0.1, 0.15) is 50.1 Å². The van der Waals surface area contributed by atoms with Crippen LogP contribution in [0.3, 0.4) is 0 Å². The Hall–Kier alpha value is -1.97. The summed E-state index contributed by atoms with van der Waals surface area (Å²) in [7, 11) is 0. The second-order valence-corrected chi connectivity index (χ2v) is 5.63. The van der Waals surface area contributed by atoms with Gasteiger partial charge in [0.2, 0.25) is 0 Å². The molecule has 4 N–H and O–H groups in total. The van der Waals surface area contributed by atoms with Gasteiger partial charge in [-0.15, -0.1) is 0 Å². The number of nitrogens with zero attached hydrogens (tertiary/aromatic N) is 2. The van der Waals surface area contributed by atoms with Crippen LogP contribution in [0.15, 0.2) is 30.3 Å². The lowest BCUT2D eigenvalue weighted by atomic mass is 9.96. The molecule has 1 aromatic carbocycles. The third-order valence-electron chi connectivity index (χ3n) is 4.25. The zero-order valence-corrected chi connectivity index (χ0v) is 11.8. The lowest BCUT2D eigenvalue weighted by Crippen LogP contribution is -2.14. The molecule has 3 rings (SSSR count). The van der Waals surface area contributed by atoms with Crippen LogP contribution in [-0.2, 0) is 0 Å². The van der Waals surface area contributed by atoms with Crippen molar-refractivity contribution in [3.05, 3.63) is 36.0 Å². The molecule has 0 unspecified atom stereocenters. The fourth-order valence-electron chi connectivity index (χ4n) is 3.11. The Labute approximate surface area is 119 Å². The molecule has 4 nitrogen and oxygen atoms in total. The summed E-state index contributed by atoms with van der Waals surface area (Å²) in [6.07, 6.45) is 7.53. The van der Waals surface area contributed by atoms with Gasteiger partial charge in [0.05, 0.1) is 5.69 Å². The predicted molar refractivity (Wildman–Crippen MR) is 82.7 cm³/mol. The maximum atomic E-state index is 6.20. The summed E-state index contributed by atoms with van der Waals surface area (Å²) < 4.78 is 1.54. The Morgan fingerprint density at radius 2 is 1.65 bits per heavy atom. The van der Waals surface area contributed by atoms with Gasteiger partial charge in [-0.05, 0) is 12.8 Å². The van der Waals surface area contributed by atoms with Crippen molar-refractivity contribution in [2.45, 2.75) is 44.4 Å². The molecule has 4 heteroatoms. The predicted octanol–water partition coefficient (Wildman–Crippen LogP) is 3.28. The van der Waals surface area contributed by atoms with Crippen LogP contribution < -0.4 is 11.6 Å². The highest BCUT2D eigenvalue weighted by molar-refractivity contribution is 5.61. The summed E-state index contributed by atoms with van der Waals surface area (Å²) in [5.74, 6) is 7.96. The fraction of sp³-hybridized carbons (Fsp3) is 0.438. The van der Waals surface area contributed by atoms with Crippen LogP contribution in [0, 0.1) is 0 Å². The number of nitrogens with two attached hydrogens (primary N) is 2. The van der Waals surface area contributed by atoms with Crippen LogP contribution >= 0.6 is 0 Å². The van der Waals surface area contributed by atoms with Gasteiger partial charge in [0.15, 0.2) is 5.82 Å². The zero-order chi connectivity index (χ0) is 13.9. The van der Waals surface area contributed by atoms with E-state index in [2.05, 4.69) is 0 Å². The quantitative estimate of drug-likeness (QED) is 0.650. The van der Waals surface area contributed by atoms with Crippen molar-refractivity contribution in [2.24, 2.45) is 0 Å². The molecule has 106 valence electrons. The van der Waals surface area contributed by atoms with E-state index in [4.69, 9.17) is 16.6 Å². The SMILES string of the molecule is Nc1c(C2CCCCCC2)nc(-c2ccccc2)n1N. The summed E-state index contributed by atoms with van der Waals surface area (Å²) in [6.45, 7) is 0. The van der Waals surface area contributed by atoms with Gasteiger partial charge in [0.1, 0.15) is 5.82 Å². The monoisotopic (exact) mass is 270 g/mol. The van der Waals surface area contributed by atoms with Crippen LogP contribution in [0.5, 0.6) is 0 Å². The van der Waals surface area contributed by atoms with E-state index in [1.165, 1.54) is 43.2 Å². The van der Waals surface area contributed by atoms with E-state index in [-0.39, 0.29) is 0 Å². The number of hydrogen-bond donors (Lipinski definition) is 2. The van der Waals surface area contributed by atoms with Crippen molar-refractivity contribution in [1.29, 1.82) is 0 Å². The maximum absolute atomic E-state index is 6.20. The molecule has 1 saturated carbocycles. The molecule has 20 heavy (non-hydrogen) atoms. The van der Waals surface area contributed by atoms with E-state index < -0.39 is 0 Å². The molecule has 0 amide bonds. The van der Waals surface area contributed by atoms with Gasteiger partial charge >= 0.3 is 0 Å². The van der Waals surface area contributed by atoms with Crippen molar-refractivity contribution in [2.75, 3.05) is 11.6 Å². The summed E-state index contributed by atoms with van der Waals surface area (Å²) in [4.78, 5) is 4.76. The normalized spacial score (nSPS) is 17.0. The first kappa shape index (κ1) is 13.0. The van der Waals surface area contributed by atoms with Crippen LogP contribution in [0.2, 0.25) is 0 Å². The third-order valence-corrected chi connectivity index (χ3v) is 4.25. The summed E-state index contributed by atoms with van der Waals surface area (Å²) in [6, 6.07) is 10.0. The molecule has 0 aliphatic heterocycles. The van der Waals surface area contributed by atoms with Crippen molar-refractivity contribution in [3.8, 4) is 11.4 Å².